The lowest BCUT2D eigenvalue weighted by Gasteiger charge is -2.23. The average Bonchev–Trinajstić information content (AvgIpc) is 2.30. The van der Waals surface area contributed by atoms with Gasteiger partial charge in [0.25, 0.3) is 0 Å². The Bertz CT molecular complexity index is 330. The molecule has 1 fully saturated rings. The van der Waals surface area contributed by atoms with Crippen molar-refractivity contribution in [2.45, 2.75) is 57.9 Å². The molecule has 0 aliphatic heterocycles. The molecule has 3 heteroatoms. The Morgan fingerprint density at radius 2 is 1.94 bits per heavy atom. The summed E-state index contributed by atoms with van der Waals surface area (Å²) in [6.07, 6.45) is 8.31. The summed E-state index contributed by atoms with van der Waals surface area (Å²) in [4.78, 5) is 8.57. The zero-order chi connectivity index (χ0) is 11.4. The number of nitrogens with one attached hydrogen (secondary N) is 1. The van der Waals surface area contributed by atoms with Crippen LogP contribution in [0.5, 0.6) is 0 Å². The van der Waals surface area contributed by atoms with Crippen LogP contribution in [-0.2, 0) is 0 Å². The summed E-state index contributed by atoms with van der Waals surface area (Å²) in [6.45, 7) is 4.32. The molecule has 1 aromatic heterocycles. The monoisotopic (exact) mass is 219 g/mol. The van der Waals surface area contributed by atoms with Crippen LogP contribution in [0.3, 0.4) is 0 Å². The highest BCUT2D eigenvalue weighted by Crippen LogP contribution is 2.21. The van der Waals surface area contributed by atoms with Gasteiger partial charge in [0.05, 0.1) is 0 Å². The molecule has 0 amide bonds. The number of anilines is 1. The van der Waals surface area contributed by atoms with Crippen LogP contribution in [0.4, 0.5) is 5.82 Å². The van der Waals surface area contributed by atoms with Gasteiger partial charge in [0.1, 0.15) is 12.1 Å². The van der Waals surface area contributed by atoms with E-state index >= 15 is 0 Å². The second-order valence-corrected chi connectivity index (χ2v) is 4.96. The van der Waals surface area contributed by atoms with Crippen molar-refractivity contribution >= 4 is 5.82 Å². The first-order valence-corrected chi connectivity index (χ1v) is 6.34. The van der Waals surface area contributed by atoms with Crippen LogP contribution in [-0.4, -0.2) is 16.0 Å². The average molecular weight is 219 g/mol. The standard InChI is InChI=1S/C13H21N3/c1-10(2)12-8-13(15-9-14-12)16-11-6-4-3-5-7-11/h8-11H,3-7H2,1-2H3,(H,14,15,16). The quantitative estimate of drug-likeness (QED) is 0.847. The van der Waals surface area contributed by atoms with E-state index < -0.39 is 0 Å². The molecule has 16 heavy (non-hydrogen) atoms. The fourth-order valence-electron chi connectivity index (χ4n) is 2.22. The van der Waals surface area contributed by atoms with Gasteiger partial charge in [-0.25, -0.2) is 9.97 Å². The maximum atomic E-state index is 4.29. The summed E-state index contributed by atoms with van der Waals surface area (Å²) in [5, 5.41) is 3.53. The minimum Gasteiger partial charge on any atom is -0.367 e. The Labute approximate surface area is 97.7 Å². The molecule has 88 valence electrons. The van der Waals surface area contributed by atoms with E-state index in [9.17, 15) is 0 Å². The molecule has 3 nitrogen and oxygen atoms in total. The third kappa shape index (κ3) is 2.94. The van der Waals surface area contributed by atoms with E-state index in [0.29, 0.717) is 12.0 Å². The van der Waals surface area contributed by atoms with Gasteiger partial charge in [-0.05, 0) is 18.8 Å². The molecule has 0 radical (unpaired) electrons. The van der Waals surface area contributed by atoms with E-state index in [2.05, 4.69) is 35.2 Å². The Morgan fingerprint density at radius 3 is 2.62 bits per heavy atom. The zero-order valence-corrected chi connectivity index (χ0v) is 10.2. The minimum atomic E-state index is 0.468. The van der Waals surface area contributed by atoms with Crippen molar-refractivity contribution < 1.29 is 0 Å². The van der Waals surface area contributed by atoms with Gasteiger partial charge in [0.15, 0.2) is 0 Å². The fraction of sp³-hybridized carbons (Fsp3) is 0.692. The lowest BCUT2D eigenvalue weighted by molar-refractivity contribution is 0.461. The molecular weight excluding hydrogens is 198 g/mol. The van der Waals surface area contributed by atoms with E-state index in [1.807, 2.05) is 0 Å². The van der Waals surface area contributed by atoms with Crippen molar-refractivity contribution in [2.75, 3.05) is 5.32 Å². The van der Waals surface area contributed by atoms with Crippen LogP contribution in [0.25, 0.3) is 0 Å². The summed E-state index contributed by atoms with van der Waals surface area (Å²) >= 11 is 0. The van der Waals surface area contributed by atoms with Crippen molar-refractivity contribution in [1.29, 1.82) is 0 Å². The molecule has 0 saturated heterocycles. The number of hydrogen-bond donors (Lipinski definition) is 1. The van der Waals surface area contributed by atoms with Gasteiger partial charge in [0, 0.05) is 17.8 Å². The van der Waals surface area contributed by atoms with Gasteiger partial charge in [0.2, 0.25) is 0 Å². The molecule has 0 aromatic carbocycles. The third-order valence-electron chi connectivity index (χ3n) is 3.24. The minimum absolute atomic E-state index is 0.468. The van der Waals surface area contributed by atoms with Crippen molar-refractivity contribution in [2.24, 2.45) is 0 Å². The van der Waals surface area contributed by atoms with Crippen molar-refractivity contribution in [3.63, 3.8) is 0 Å². The van der Waals surface area contributed by atoms with Gasteiger partial charge < -0.3 is 5.32 Å². The van der Waals surface area contributed by atoms with E-state index in [-0.39, 0.29) is 0 Å². The maximum absolute atomic E-state index is 4.29. The van der Waals surface area contributed by atoms with Crippen LogP contribution < -0.4 is 5.32 Å². The second-order valence-electron chi connectivity index (χ2n) is 4.96. The number of rotatable bonds is 3. The normalized spacial score (nSPS) is 17.7. The summed E-state index contributed by atoms with van der Waals surface area (Å²) in [7, 11) is 0. The molecule has 0 unspecified atom stereocenters. The van der Waals surface area contributed by atoms with Crippen molar-refractivity contribution in [3.05, 3.63) is 18.1 Å². The zero-order valence-electron chi connectivity index (χ0n) is 10.2. The van der Waals surface area contributed by atoms with E-state index in [0.717, 1.165) is 11.5 Å². The summed E-state index contributed by atoms with van der Waals surface area (Å²) in [5.74, 6) is 1.46. The predicted octanol–water partition coefficient (Wildman–Crippen LogP) is 3.34. The topological polar surface area (TPSA) is 37.8 Å². The Kier molecular flexibility index (Phi) is 3.75. The van der Waals surface area contributed by atoms with Crippen LogP contribution in [0, 0.1) is 0 Å². The molecule has 1 aliphatic rings. The van der Waals surface area contributed by atoms with E-state index in [4.69, 9.17) is 0 Å². The first kappa shape index (κ1) is 11.4. The van der Waals surface area contributed by atoms with Crippen molar-refractivity contribution in [3.8, 4) is 0 Å². The lowest BCUT2D eigenvalue weighted by atomic mass is 9.95. The largest absolute Gasteiger partial charge is 0.367 e. The molecule has 1 heterocycles. The molecule has 0 spiro atoms. The number of nitrogens with zero attached hydrogens (tertiary/aromatic N) is 2. The van der Waals surface area contributed by atoms with Gasteiger partial charge in [-0.2, -0.15) is 0 Å². The first-order chi connectivity index (χ1) is 7.75. The summed E-state index contributed by atoms with van der Waals surface area (Å²) in [5.41, 5.74) is 1.12. The Balaban J connectivity index is 2.00. The van der Waals surface area contributed by atoms with Gasteiger partial charge in [-0.3, -0.25) is 0 Å². The molecule has 0 atom stereocenters. The summed E-state index contributed by atoms with van der Waals surface area (Å²) in [6, 6.07) is 2.70. The predicted molar refractivity (Wildman–Crippen MR) is 66.6 cm³/mol. The Hall–Kier alpha value is -1.12. The van der Waals surface area contributed by atoms with Crippen LogP contribution >= 0.6 is 0 Å². The number of hydrogen-bond acceptors (Lipinski definition) is 3. The first-order valence-electron chi connectivity index (χ1n) is 6.34. The highest BCUT2D eigenvalue weighted by atomic mass is 15.0. The van der Waals surface area contributed by atoms with Crippen LogP contribution in [0.1, 0.15) is 57.6 Å². The molecule has 1 aliphatic carbocycles. The van der Waals surface area contributed by atoms with Crippen LogP contribution in [0.2, 0.25) is 0 Å². The van der Waals surface area contributed by atoms with Gasteiger partial charge in [-0.1, -0.05) is 33.1 Å². The highest BCUT2D eigenvalue weighted by Gasteiger charge is 2.13. The van der Waals surface area contributed by atoms with Gasteiger partial charge >= 0.3 is 0 Å². The molecule has 1 N–H and O–H groups in total. The number of aromatic nitrogens is 2. The van der Waals surface area contributed by atoms with Gasteiger partial charge in [-0.15, -0.1) is 0 Å². The SMILES string of the molecule is CC(C)c1cc(NC2CCCCC2)ncn1. The molecule has 2 rings (SSSR count). The van der Waals surface area contributed by atoms with Crippen LogP contribution in [0.15, 0.2) is 12.4 Å². The lowest BCUT2D eigenvalue weighted by Crippen LogP contribution is -2.22. The molecular formula is C13H21N3. The molecule has 0 bridgehead atoms. The smallest absolute Gasteiger partial charge is 0.129 e. The maximum Gasteiger partial charge on any atom is 0.129 e. The second kappa shape index (κ2) is 5.28. The fourth-order valence-corrected chi connectivity index (χ4v) is 2.22. The Morgan fingerprint density at radius 1 is 1.19 bits per heavy atom. The third-order valence-corrected chi connectivity index (χ3v) is 3.24. The van der Waals surface area contributed by atoms with Crippen molar-refractivity contribution in [1.82, 2.24) is 9.97 Å². The highest BCUT2D eigenvalue weighted by molar-refractivity contribution is 5.36. The van der Waals surface area contributed by atoms with E-state index in [1.54, 1.807) is 6.33 Å². The summed E-state index contributed by atoms with van der Waals surface area (Å²) < 4.78 is 0. The molecule has 1 aromatic rings. The van der Waals surface area contributed by atoms with E-state index in [1.165, 1.54) is 32.1 Å². The molecule has 1 saturated carbocycles.